The molecule has 1 aliphatic heterocycles. The number of rotatable bonds is 2. The zero-order valence-electron chi connectivity index (χ0n) is 22.9. The van der Waals surface area contributed by atoms with E-state index < -0.39 is 0 Å². The van der Waals surface area contributed by atoms with Crippen molar-refractivity contribution >= 4 is 54.5 Å². The molecule has 1 aliphatic rings. The number of benzene rings is 7. The van der Waals surface area contributed by atoms with Crippen LogP contribution in [-0.4, -0.2) is 9.55 Å². The zero-order valence-corrected chi connectivity index (χ0v) is 22.9. The third kappa shape index (κ3) is 3.07. The summed E-state index contributed by atoms with van der Waals surface area (Å²) in [6.45, 7) is 0. The van der Waals surface area contributed by atoms with Crippen LogP contribution in [0.4, 0.5) is 0 Å². The highest BCUT2D eigenvalue weighted by molar-refractivity contribution is 6.22. The van der Waals surface area contributed by atoms with Gasteiger partial charge in [0, 0.05) is 16.3 Å². The van der Waals surface area contributed by atoms with Gasteiger partial charge in [0.1, 0.15) is 22.5 Å². The molecule has 0 radical (unpaired) electrons. The molecule has 2 aromatic heterocycles. The van der Waals surface area contributed by atoms with Crippen molar-refractivity contribution in [2.45, 2.75) is 0 Å². The number of ether oxygens (including phenoxy) is 1. The fourth-order valence-corrected chi connectivity index (χ4v) is 6.99. The van der Waals surface area contributed by atoms with Gasteiger partial charge in [-0.2, -0.15) is 0 Å². The van der Waals surface area contributed by atoms with E-state index in [1.807, 2.05) is 36.4 Å². The molecule has 0 fully saturated rings. The van der Waals surface area contributed by atoms with Crippen molar-refractivity contribution in [3.63, 3.8) is 0 Å². The van der Waals surface area contributed by atoms with Gasteiger partial charge in [-0.25, -0.2) is 4.98 Å². The van der Waals surface area contributed by atoms with Gasteiger partial charge in [-0.3, -0.25) is 4.57 Å². The average molecular weight is 551 g/mol. The van der Waals surface area contributed by atoms with E-state index in [-0.39, 0.29) is 0 Å². The van der Waals surface area contributed by atoms with E-state index in [1.54, 1.807) is 0 Å². The molecule has 0 spiro atoms. The van der Waals surface area contributed by atoms with Gasteiger partial charge < -0.3 is 9.15 Å². The third-order valence-corrected chi connectivity index (χ3v) is 8.79. The number of aromatic nitrogens is 2. The Morgan fingerprint density at radius 1 is 0.488 bits per heavy atom. The van der Waals surface area contributed by atoms with Crippen molar-refractivity contribution < 1.29 is 9.15 Å². The van der Waals surface area contributed by atoms with Gasteiger partial charge in [0.25, 0.3) is 0 Å². The first-order valence-corrected chi connectivity index (χ1v) is 14.5. The van der Waals surface area contributed by atoms with E-state index in [0.29, 0.717) is 0 Å². The Morgan fingerprint density at radius 3 is 1.91 bits per heavy atom. The van der Waals surface area contributed by atoms with Crippen LogP contribution in [0.15, 0.2) is 138 Å². The van der Waals surface area contributed by atoms with Crippen molar-refractivity contribution in [2.24, 2.45) is 0 Å². The first-order valence-electron chi connectivity index (χ1n) is 14.5. The van der Waals surface area contributed by atoms with Crippen LogP contribution < -0.4 is 4.74 Å². The van der Waals surface area contributed by atoms with Gasteiger partial charge in [0.2, 0.25) is 0 Å². The Balaban J connectivity index is 1.33. The minimum atomic E-state index is 0.819. The summed E-state index contributed by atoms with van der Waals surface area (Å²) >= 11 is 0. The summed E-state index contributed by atoms with van der Waals surface area (Å²) in [6.07, 6.45) is 0. The number of hydrogen-bond acceptors (Lipinski definition) is 3. The topological polar surface area (TPSA) is 40.2 Å². The summed E-state index contributed by atoms with van der Waals surface area (Å²) in [6, 6.07) is 46.5. The second kappa shape index (κ2) is 8.34. The zero-order chi connectivity index (χ0) is 28.1. The monoisotopic (exact) mass is 550 g/mol. The molecular formula is C39H22N2O2. The maximum absolute atomic E-state index is 6.34. The maximum Gasteiger partial charge on any atom is 0.153 e. The van der Waals surface area contributed by atoms with Gasteiger partial charge in [-0.1, -0.05) is 91.0 Å². The van der Waals surface area contributed by atoms with Crippen LogP contribution in [0.3, 0.4) is 0 Å². The molecule has 4 nitrogen and oxygen atoms in total. The Morgan fingerprint density at radius 2 is 1.12 bits per heavy atom. The summed E-state index contributed by atoms with van der Waals surface area (Å²) in [5.41, 5.74) is 8.12. The first-order chi connectivity index (χ1) is 21.3. The molecule has 0 N–H and O–H groups in total. The summed E-state index contributed by atoms with van der Waals surface area (Å²) < 4.78 is 14.9. The van der Waals surface area contributed by atoms with Crippen LogP contribution in [0, 0.1) is 0 Å². The van der Waals surface area contributed by atoms with Gasteiger partial charge in [-0.15, -0.1) is 0 Å². The summed E-state index contributed by atoms with van der Waals surface area (Å²) in [5, 5.41) is 6.91. The van der Waals surface area contributed by atoms with Crippen molar-refractivity contribution in [1.29, 1.82) is 0 Å². The first kappa shape index (κ1) is 22.8. The lowest BCUT2D eigenvalue weighted by molar-refractivity contribution is 0.476. The molecule has 7 aromatic carbocycles. The summed E-state index contributed by atoms with van der Waals surface area (Å²) in [5.74, 6) is 2.55. The lowest BCUT2D eigenvalue weighted by Gasteiger charge is -2.22. The Bertz CT molecular complexity index is 2550. The normalized spacial score (nSPS) is 12.4. The van der Waals surface area contributed by atoms with Crippen LogP contribution in [0.2, 0.25) is 0 Å². The predicted octanol–water partition coefficient (Wildman–Crippen LogP) is 10.7. The number of imidazole rings is 1. The molecule has 10 rings (SSSR count). The van der Waals surface area contributed by atoms with Crippen molar-refractivity contribution in [2.75, 3.05) is 0 Å². The highest BCUT2D eigenvalue weighted by atomic mass is 16.5. The average Bonchev–Trinajstić information content (AvgIpc) is 3.63. The molecule has 0 atom stereocenters. The minimum absolute atomic E-state index is 0.819. The van der Waals surface area contributed by atoms with E-state index in [9.17, 15) is 0 Å². The standard InChI is InChI=1S/C39H22N2O2/c1-3-13-28-26(11-1)36(23-20-21-25-24-10-5-7-17-32(24)42-35(25)22-23)27-12-2-4-14-29(27)37(28)39-40-30-15-9-19-34-38(30)41(39)31-16-6-8-18-33(31)43-34/h1-22H. The number of para-hydroxylation sites is 4. The van der Waals surface area contributed by atoms with E-state index in [1.165, 1.54) is 16.3 Å². The number of fused-ring (bicyclic) bond motifs is 7. The molecule has 0 saturated heterocycles. The molecule has 3 heterocycles. The molecule has 0 amide bonds. The Hall–Kier alpha value is -5.87. The predicted molar refractivity (Wildman–Crippen MR) is 174 cm³/mol. The van der Waals surface area contributed by atoms with E-state index in [2.05, 4.69) is 102 Å². The van der Waals surface area contributed by atoms with Crippen LogP contribution in [0.1, 0.15) is 0 Å². The van der Waals surface area contributed by atoms with Crippen molar-refractivity contribution in [3.05, 3.63) is 133 Å². The largest absolute Gasteiger partial charge is 0.456 e. The third-order valence-electron chi connectivity index (χ3n) is 8.79. The highest BCUT2D eigenvalue weighted by Crippen LogP contribution is 2.48. The van der Waals surface area contributed by atoms with Gasteiger partial charge >= 0.3 is 0 Å². The van der Waals surface area contributed by atoms with Crippen LogP contribution in [0.25, 0.3) is 82.7 Å². The minimum Gasteiger partial charge on any atom is -0.456 e. The number of nitrogens with zero attached hydrogens (tertiary/aromatic N) is 2. The Kier molecular flexibility index (Phi) is 4.42. The van der Waals surface area contributed by atoms with E-state index in [0.717, 1.165) is 77.9 Å². The quantitative estimate of drug-likeness (QED) is 0.201. The molecule has 0 bridgehead atoms. The molecule has 0 saturated carbocycles. The molecule has 200 valence electrons. The van der Waals surface area contributed by atoms with Crippen LogP contribution in [-0.2, 0) is 0 Å². The molecule has 0 aliphatic carbocycles. The second-order valence-corrected chi connectivity index (χ2v) is 11.1. The molecule has 0 unspecified atom stereocenters. The van der Waals surface area contributed by atoms with Gasteiger partial charge in [0.15, 0.2) is 11.5 Å². The molecule has 43 heavy (non-hydrogen) atoms. The molecule has 9 aromatic rings. The smallest absolute Gasteiger partial charge is 0.153 e. The second-order valence-electron chi connectivity index (χ2n) is 11.1. The summed E-state index contributed by atoms with van der Waals surface area (Å²) in [4.78, 5) is 5.29. The fourth-order valence-electron chi connectivity index (χ4n) is 6.99. The lowest BCUT2D eigenvalue weighted by atomic mass is 9.88. The van der Waals surface area contributed by atoms with Gasteiger partial charge in [-0.05, 0) is 75.1 Å². The summed E-state index contributed by atoms with van der Waals surface area (Å²) in [7, 11) is 0. The van der Waals surface area contributed by atoms with Crippen LogP contribution >= 0.6 is 0 Å². The van der Waals surface area contributed by atoms with E-state index >= 15 is 0 Å². The lowest BCUT2D eigenvalue weighted by Crippen LogP contribution is -2.06. The molecular weight excluding hydrogens is 528 g/mol. The fraction of sp³-hybridized carbons (Fsp3) is 0. The highest BCUT2D eigenvalue weighted by Gasteiger charge is 2.27. The van der Waals surface area contributed by atoms with E-state index in [4.69, 9.17) is 14.1 Å². The maximum atomic E-state index is 6.34. The van der Waals surface area contributed by atoms with Crippen molar-refractivity contribution in [1.82, 2.24) is 9.55 Å². The van der Waals surface area contributed by atoms with Gasteiger partial charge in [0.05, 0.1) is 11.2 Å². The van der Waals surface area contributed by atoms with Crippen molar-refractivity contribution in [3.8, 4) is 39.7 Å². The van der Waals surface area contributed by atoms with Crippen LogP contribution in [0.5, 0.6) is 11.5 Å². The number of hydrogen-bond donors (Lipinski definition) is 0. The Labute approximate surface area is 246 Å². The SMILES string of the molecule is c1ccc2c(c1)Oc1cccc3nc(-c4c5ccccc5c(-c5ccc6c(c5)oc5ccccc56)c5ccccc45)n-2c13. The number of furan rings is 1. The molecule has 4 heteroatoms.